The maximum Gasteiger partial charge on any atom is 0.307 e. The molecular formula is C17H15N3O4S. The fraction of sp³-hybridized carbons (Fsp3) is 0.118. The van der Waals surface area contributed by atoms with Gasteiger partial charge in [0.25, 0.3) is 5.91 Å². The fourth-order valence-corrected chi connectivity index (χ4v) is 2.91. The van der Waals surface area contributed by atoms with Gasteiger partial charge in [-0.3, -0.25) is 19.0 Å². The van der Waals surface area contributed by atoms with E-state index in [1.807, 2.05) is 0 Å². The number of aryl methyl sites for hydroxylation is 1. The van der Waals surface area contributed by atoms with Crippen LogP contribution in [0.5, 0.6) is 0 Å². The Morgan fingerprint density at radius 2 is 1.80 bits per heavy atom. The van der Waals surface area contributed by atoms with Crippen LogP contribution in [0.2, 0.25) is 0 Å². The number of nitrogens with one attached hydrogen (secondary N) is 2. The fourth-order valence-electron chi connectivity index (χ4n) is 2.18. The summed E-state index contributed by atoms with van der Waals surface area (Å²) in [6.45, 7) is 1.74. The molecule has 0 aliphatic heterocycles. The van der Waals surface area contributed by atoms with Gasteiger partial charge in [-0.1, -0.05) is 11.3 Å². The lowest BCUT2D eigenvalue weighted by Crippen LogP contribution is -2.25. The van der Waals surface area contributed by atoms with Gasteiger partial charge in [-0.15, -0.1) is 0 Å². The second-order valence-electron chi connectivity index (χ2n) is 5.29. The van der Waals surface area contributed by atoms with Gasteiger partial charge in [0, 0.05) is 22.4 Å². The SMILES string of the molecule is Cc1csc(=O)n1CC(=O)Nc1ccc(NC(=O)c2ccco2)cc1. The quantitative estimate of drug-likeness (QED) is 0.734. The molecule has 0 fully saturated rings. The van der Waals surface area contributed by atoms with Gasteiger partial charge in [0.1, 0.15) is 6.54 Å². The predicted molar refractivity (Wildman–Crippen MR) is 95.0 cm³/mol. The van der Waals surface area contributed by atoms with E-state index in [-0.39, 0.29) is 29.0 Å². The summed E-state index contributed by atoms with van der Waals surface area (Å²) < 4.78 is 6.43. The first-order valence-corrected chi connectivity index (χ1v) is 8.30. The Hall–Kier alpha value is -3.13. The maximum absolute atomic E-state index is 12.1. The summed E-state index contributed by atoms with van der Waals surface area (Å²) in [6.07, 6.45) is 1.42. The smallest absolute Gasteiger partial charge is 0.307 e. The van der Waals surface area contributed by atoms with Crippen LogP contribution in [0.1, 0.15) is 16.2 Å². The molecule has 0 unspecified atom stereocenters. The molecule has 3 rings (SSSR count). The molecule has 128 valence electrons. The number of thiazole rings is 1. The van der Waals surface area contributed by atoms with Crippen molar-refractivity contribution in [2.75, 3.05) is 10.6 Å². The Morgan fingerprint density at radius 1 is 1.12 bits per heavy atom. The maximum atomic E-state index is 12.1. The highest BCUT2D eigenvalue weighted by atomic mass is 32.1. The molecule has 2 aromatic heterocycles. The number of carbonyl (C=O) groups is 2. The van der Waals surface area contributed by atoms with Gasteiger partial charge in [0.05, 0.1) is 6.26 Å². The van der Waals surface area contributed by atoms with E-state index >= 15 is 0 Å². The van der Waals surface area contributed by atoms with Crippen molar-refractivity contribution in [1.29, 1.82) is 0 Å². The highest BCUT2D eigenvalue weighted by Crippen LogP contribution is 2.15. The van der Waals surface area contributed by atoms with Crippen molar-refractivity contribution < 1.29 is 14.0 Å². The zero-order valence-corrected chi connectivity index (χ0v) is 14.1. The van der Waals surface area contributed by atoms with Crippen LogP contribution in [-0.2, 0) is 11.3 Å². The van der Waals surface area contributed by atoms with E-state index in [1.54, 1.807) is 48.7 Å². The first-order chi connectivity index (χ1) is 12.0. The number of furan rings is 1. The monoisotopic (exact) mass is 357 g/mol. The van der Waals surface area contributed by atoms with Gasteiger partial charge < -0.3 is 15.1 Å². The Morgan fingerprint density at radius 3 is 2.36 bits per heavy atom. The lowest BCUT2D eigenvalue weighted by Gasteiger charge is -2.08. The van der Waals surface area contributed by atoms with Gasteiger partial charge >= 0.3 is 4.87 Å². The summed E-state index contributed by atoms with van der Waals surface area (Å²) >= 11 is 1.07. The standard InChI is InChI=1S/C17H15N3O4S/c1-11-10-25-17(23)20(11)9-15(21)18-12-4-6-13(7-5-12)19-16(22)14-3-2-8-24-14/h2-8,10H,9H2,1H3,(H,18,21)(H,19,22). The number of anilines is 2. The molecule has 7 nitrogen and oxygen atoms in total. The van der Waals surface area contributed by atoms with Crippen LogP contribution < -0.4 is 15.5 Å². The molecule has 25 heavy (non-hydrogen) atoms. The molecular weight excluding hydrogens is 342 g/mol. The minimum absolute atomic E-state index is 0.0366. The average molecular weight is 357 g/mol. The van der Waals surface area contributed by atoms with E-state index in [9.17, 15) is 14.4 Å². The van der Waals surface area contributed by atoms with E-state index in [2.05, 4.69) is 10.6 Å². The van der Waals surface area contributed by atoms with Crippen LogP contribution in [0.15, 0.2) is 57.3 Å². The van der Waals surface area contributed by atoms with Crippen molar-refractivity contribution in [3.05, 3.63) is 69.2 Å². The molecule has 0 spiro atoms. The van der Waals surface area contributed by atoms with Crippen LogP contribution >= 0.6 is 11.3 Å². The normalized spacial score (nSPS) is 10.4. The van der Waals surface area contributed by atoms with Crippen molar-refractivity contribution in [1.82, 2.24) is 4.57 Å². The average Bonchev–Trinajstić information content (AvgIpc) is 3.23. The van der Waals surface area contributed by atoms with Crippen molar-refractivity contribution in [3.63, 3.8) is 0 Å². The van der Waals surface area contributed by atoms with E-state index in [1.165, 1.54) is 10.8 Å². The van der Waals surface area contributed by atoms with Crippen molar-refractivity contribution in [2.24, 2.45) is 0 Å². The topological polar surface area (TPSA) is 93.3 Å². The number of amides is 2. The number of nitrogens with zero attached hydrogens (tertiary/aromatic N) is 1. The van der Waals surface area contributed by atoms with Gasteiger partial charge in [0.2, 0.25) is 5.91 Å². The van der Waals surface area contributed by atoms with E-state index in [4.69, 9.17) is 4.42 Å². The van der Waals surface area contributed by atoms with Gasteiger partial charge in [-0.05, 0) is 43.3 Å². The molecule has 0 saturated carbocycles. The number of aromatic nitrogens is 1. The Bertz CT molecular complexity index is 939. The summed E-state index contributed by atoms with van der Waals surface area (Å²) in [5.41, 5.74) is 1.90. The predicted octanol–water partition coefficient (Wildman–Crippen LogP) is 2.70. The molecule has 0 atom stereocenters. The van der Waals surface area contributed by atoms with Crippen LogP contribution in [0.4, 0.5) is 11.4 Å². The zero-order chi connectivity index (χ0) is 17.8. The van der Waals surface area contributed by atoms with Gasteiger partial charge in [-0.2, -0.15) is 0 Å². The summed E-state index contributed by atoms with van der Waals surface area (Å²) in [7, 11) is 0. The highest BCUT2D eigenvalue weighted by Gasteiger charge is 2.10. The molecule has 1 aromatic carbocycles. The van der Waals surface area contributed by atoms with Crippen molar-refractivity contribution in [3.8, 4) is 0 Å². The van der Waals surface area contributed by atoms with E-state index in [0.29, 0.717) is 11.4 Å². The summed E-state index contributed by atoms with van der Waals surface area (Å²) in [5.74, 6) is -0.431. The zero-order valence-electron chi connectivity index (χ0n) is 13.3. The molecule has 0 saturated heterocycles. The third-order valence-electron chi connectivity index (χ3n) is 3.45. The molecule has 3 aromatic rings. The molecule has 0 radical (unpaired) electrons. The van der Waals surface area contributed by atoms with E-state index in [0.717, 1.165) is 17.0 Å². The number of hydrogen-bond acceptors (Lipinski definition) is 5. The van der Waals surface area contributed by atoms with Crippen molar-refractivity contribution >= 4 is 34.5 Å². The highest BCUT2D eigenvalue weighted by molar-refractivity contribution is 7.07. The third kappa shape index (κ3) is 4.04. The minimum Gasteiger partial charge on any atom is -0.459 e. The second kappa shape index (κ2) is 7.18. The molecule has 0 aliphatic carbocycles. The number of hydrogen-bond donors (Lipinski definition) is 2. The van der Waals surface area contributed by atoms with Crippen LogP contribution in [0.25, 0.3) is 0 Å². The van der Waals surface area contributed by atoms with Crippen LogP contribution in [0, 0.1) is 6.92 Å². The number of rotatable bonds is 5. The summed E-state index contributed by atoms with van der Waals surface area (Å²) in [4.78, 5) is 35.4. The van der Waals surface area contributed by atoms with E-state index < -0.39 is 0 Å². The molecule has 0 bridgehead atoms. The first kappa shape index (κ1) is 16.7. The molecule has 2 amide bonds. The second-order valence-corrected chi connectivity index (χ2v) is 6.11. The van der Waals surface area contributed by atoms with Crippen LogP contribution in [-0.4, -0.2) is 16.4 Å². The van der Waals surface area contributed by atoms with Gasteiger partial charge in [-0.25, -0.2) is 0 Å². The number of benzene rings is 1. The van der Waals surface area contributed by atoms with Crippen molar-refractivity contribution in [2.45, 2.75) is 13.5 Å². The van der Waals surface area contributed by atoms with Crippen LogP contribution in [0.3, 0.4) is 0 Å². The lowest BCUT2D eigenvalue weighted by atomic mass is 10.2. The molecule has 2 N–H and O–H groups in total. The first-order valence-electron chi connectivity index (χ1n) is 7.42. The summed E-state index contributed by atoms with van der Waals surface area (Å²) in [5, 5.41) is 7.12. The molecule has 2 heterocycles. The molecule has 8 heteroatoms. The summed E-state index contributed by atoms with van der Waals surface area (Å²) in [6, 6.07) is 9.86. The minimum atomic E-state index is -0.353. The number of carbonyl (C=O) groups excluding carboxylic acids is 2. The molecule has 0 aliphatic rings. The largest absolute Gasteiger partial charge is 0.459 e. The lowest BCUT2D eigenvalue weighted by molar-refractivity contribution is -0.116. The Kier molecular flexibility index (Phi) is 4.80. The Balaban J connectivity index is 1.60. The third-order valence-corrected chi connectivity index (χ3v) is 4.33. The Labute approximate surface area is 146 Å². The van der Waals surface area contributed by atoms with Gasteiger partial charge in [0.15, 0.2) is 5.76 Å².